The van der Waals surface area contributed by atoms with Crippen LogP contribution in [0.5, 0.6) is 0 Å². The number of nitrogens with one attached hydrogen (secondary N) is 1. The van der Waals surface area contributed by atoms with E-state index in [2.05, 4.69) is 5.32 Å². The number of amides is 1. The number of aliphatic hydroxyl groups excluding tert-OH is 1. The van der Waals surface area contributed by atoms with Crippen LogP contribution in [0.25, 0.3) is 0 Å². The summed E-state index contributed by atoms with van der Waals surface area (Å²) in [6.07, 6.45) is 4.50. The summed E-state index contributed by atoms with van der Waals surface area (Å²) >= 11 is 0. The molecule has 1 aliphatic heterocycles. The highest BCUT2D eigenvalue weighted by atomic mass is 19.1. The number of halogens is 1. The fraction of sp³-hybridized carbons (Fsp3) is 0.759. The first-order chi connectivity index (χ1) is 18.5. The molecule has 0 aromatic heterocycles. The Kier molecular flexibility index (Phi) is 7.65. The van der Waals surface area contributed by atoms with E-state index in [1.165, 1.54) is 12.2 Å². The smallest absolute Gasteiger partial charge is 0.235 e. The summed E-state index contributed by atoms with van der Waals surface area (Å²) in [6.45, 7) is 5.31. The van der Waals surface area contributed by atoms with Crippen LogP contribution in [0.15, 0.2) is 23.8 Å². The van der Waals surface area contributed by atoms with E-state index in [0.29, 0.717) is 24.8 Å². The largest absolute Gasteiger partial charge is 0.393 e. The Balaban J connectivity index is 1.48. The van der Waals surface area contributed by atoms with Crippen LogP contribution in [0, 0.1) is 28.6 Å². The minimum Gasteiger partial charge on any atom is -0.393 e. The number of hydrogen-bond donors (Lipinski definition) is 3. The maximum atomic E-state index is 15.5. The van der Waals surface area contributed by atoms with Gasteiger partial charge in [0, 0.05) is 16.7 Å². The van der Waals surface area contributed by atoms with E-state index in [-0.39, 0.29) is 62.0 Å². The molecular weight excluding hydrogens is 507 g/mol. The molecule has 10 atom stereocenters. The van der Waals surface area contributed by atoms with Crippen LogP contribution in [0.1, 0.15) is 59.3 Å². The van der Waals surface area contributed by atoms with Crippen molar-refractivity contribution in [3.8, 4) is 0 Å². The molecule has 0 spiro atoms. The van der Waals surface area contributed by atoms with Crippen molar-refractivity contribution in [1.29, 1.82) is 0 Å². The zero-order chi connectivity index (χ0) is 28.2. The lowest BCUT2D eigenvalue weighted by atomic mass is 9.49. The average Bonchev–Trinajstić information content (AvgIpc) is 3.34. The summed E-state index contributed by atoms with van der Waals surface area (Å²) in [5.41, 5.74) is 2.84. The second kappa shape index (κ2) is 10.4. The van der Waals surface area contributed by atoms with Crippen molar-refractivity contribution in [2.45, 2.75) is 89.6 Å². The summed E-state index contributed by atoms with van der Waals surface area (Å²) in [4.78, 5) is 37.7. The Morgan fingerprint density at radius 1 is 1.31 bits per heavy atom. The minimum absolute atomic E-state index is 0.0752. The number of ether oxygens (including phenoxy) is 3. The molecule has 1 amide bonds. The van der Waals surface area contributed by atoms with Gasteiger partial charge in [-0.15, -0.1) is 0 Å². The van der Waals surface area contributed by atoms with E-state index in [1.807, 2.05) is 20.8 Å². The SMILES string of the molecule is CCCC1O[C@@H]2CC3[C@H]4CC[C@H](F)C5=CC(=O)C=C[C@]5(C)C4[C@@H](O)C[C@]3(C)[C@]2(C(=O)COCNC(=O)CN)O1. The molecule has 216 valence electrons. The monoisotopic (exact) mass is 548 g/mol. The Bertz CT molecular complexity index is 1080. The standard InChI is InChI=1S/C29H41FN2O7/c1-4-5-25-38-23-11-18-17-6-7-20(30)19-10-16(33)8-9-27(19,2)26(17)21(34)12-28(18,3)29(23,39-25)22(35)14-37-15-32-24(36)13-31/h8-10,17-18,20-21,23,25-26,34H,4-7,11-15,31H2,1-3H3,(H,32,36)/t17-,18?,20+,21+,23-,25?,26?,27+,28+,29-/m1/s1. The number of hydrogen-bond acceptors (Lipinski definition) is 8. The molecule has 3 saturated carbocycles. The molecular formula is C29H41FN2O7. The molecule has 0 aromatic carbocycles. The Morgan fingerprint density at radius 2 is 2.08 bits per heavy atom. The van der Waals surface area contributed by atoms with Crippen LogP contribution in [0.4, 0.5) is 4.39 Å². The predicted molar refractivity (Wildman–Crippen MR) is 139 cm³/mol. The van der Waals surface area contributed by atoms with E-state index in [9.17, 15) is 19.5 Å². The van der Waals surface area contributed by atoms with Crippen molar-refractivity contribution in [2.24, 2.45) is 34.3 Å². The minimum atomic E-state index is -1.33. The van der Waals surface area contributed by atoms with Gasteiger partial charge in [0.1, 0.15) is 19.5 Å². The number of allylic oxidation sites excluding steroid dienone is 4. The van der Waals surface area contributed by atoms with Crippen molar-refractivity contribution < 1.29 is 38.1 Å². The maximum Gasteiger partial charge on any atom is 0.235 e. The van der Waals surface area contributed by atoms with Crippen LogP contribution in [0.2, 0.25) is 0 Å². The van der Waals surface area contributed by atoms with E-state index in [0.717, 1.165) is 6.42 Å². The number of aliphatic hydroxyl groups is 1. The van der Waals surface area contributed by atoms with Gasteiger partial charge in [-0.3, -0.25) is 14.4 Å². The van der Waals surface area contributed by atoms with Gasteiger partial charge < -0.3 is 30.4 Å². The van der Waals surface area contributed by atoms with E-state index < -0.39 is 47.0 Å². The van der Waals surface area contributed by atoms with Crippen LogP contribution in [0.3, 0.4) is 0 Å². The Hall–Kier alpha value is -1.98. The third-order valence-electron chi connectivity index (χ3n) is 10.3. The van der Waals surface area contributed by atoms with Gasteiger partial charge in [0.05, 0.1) is 18.8 Å². The van der Waals surface area contributed by atoms with Crippen LogP contribution in [-0.2, 0) is 28.6 Å². The van der Waals surface area contributed by atoms with Crippen molar-refractivity contribution in [3.63, 3.8) is 0 Å². The molecule has 1 saturated heterocycles. The molecule has 0 aromatic rings. The lowest BCUT2D eigenvalue weighted by molar-refractivity contribution is -0.198. The molecule has 1 heterocycles. The number of Topliss-reactive ketones (excluding diaryl/α,β-unsaturated/α-hetero) is 1. The molecule has 3 unspecified atom stereocenters. The van der Waals surface area contributed by atoms with Gasteiger partial charge in [-0.2, -0.15) is 0 Å². The molecule has 5 rings (SSSR count). The molecule has 4 N–H and O–H groups in total. The summed E-state index contributed by atoms with van der Waals surface area (Å²) in [7, 11) is 0. The highest BCUT2D eigenvalue weighted by Gasteiger charge is 2.75. The number of carbonyl (C=O) groups is 3. The molecule has 0 radical (unpaired) electrons. The van der Waals surface area contributed by atoms with Gasteiger partial charge in [0.15, 0.2) is 23.5 Å². The van der Waals surface area contributed by atoms with Gasteiger partial charge in [0.2, 0.25) is 5.91 Å². The number of nitrogens with two attached hydrogens (primary N) is 1. The molecule has 9 nitrogen and oxygen atoms in total. The lowest BCUT2D eigenvalue weighted by Gasteiger charge is -2.56. The number of ketones is 2. The Morgan fingerprint density at radius 3 is 2.79 bits per heavy atom. The number of fused-ring (bicyclic) bond motifs is 7. The maximum absolute atomic E-state index is 15.5. The summed E-state index contributed by atoms with van der Waals surface area (Å²) < 4.78 is 34.0. The second-order valence-electron chi connectivity index (χ2n) is 12.3. The van der Waals surface area contributed by atoms with E-state index in [4.69, 9.17) is 19.9 Å². The molecule has 4 fully saturated rings. The zero-order valence-corrected chi connectivity index (χ0v) is 23.0. The molecule has 5 aliphatic rings. The van der Waals surface area contributed by atoms with Gasteiger partial charge in [0.25, 0.3) is 0 Å². The van der Waals surface area contributed by atoms with Gasteiger partial charge in [-0.1, -0.05) is 33.3 Å². The fourth-order valence-electron chi connectivity index (χ4n) is 8.67. The average molecular weight is 549 g/mol. The molecule has 4 aliphatic carbocycles. The molecule has 10 heteroatoms. The third-order valence-corrected chi connectivity index (χ3v) is 10.3. The number of alkyl halides is 1. The molecule has 39 heavy (non-hydrogen) atoms. The van der Waals surface area contributed by atoms with E-state index in [1.54, 1.807) is 6.08 Å². The van der Waals surface area contributed by atoms with Crippen LogP contribution < -0.4 is 11.1 Å². The highest BCUT2D eigenvalue weighted by Crippen LogP contribution is 2.69. The normalized spacial score (nSPS) is 44.5. The topological polar surface area (TPSA) is 137 Å². The Labute approximate surface area is 228 Å². The third kappa shape index (κ3) is 4.34. The van der Waals surface area contributed by atoms with Crippen LogP contribution >= 0.6 is 0 Å². The highest BCUT2D eigenvalue weighted by molar-refractivity contribution is 6.01. The van der Waals surface area contributed by atoms with Gasteiger partial charge in [-0.05, 0) is 61.7 Å². The summed E-state index contributed by atoms with van der Waals surface area (Å²) in [5, 5.41) is 14.3. The first-order valence-electron chi connectivity index (χ1n) is 14.2. The summed E-state index contributed by atoms with van der Waals surface area (Å²) in [6, 6.07) is 0. The fourth-order valence-corrected chi connectivity index (χ4v) is 8.67. The predicted octanol–water partition coefficient (Wildman–Crippen LogP) is 2.11. The quantitative estimate of drug-likeness (QED) is 0.310. The lowest BCUT2D eigenvalue weighted by Crippen LogP contribution is -2.63. The van der Waals surface area contributed by atoms with Gasteiger partial charge in [-0.25, -0.2) is 4.39 Å². The first kappa shape index (κ1) is 28.5. The second-order valence-corrected chi connectivity index (χ2v) is 12.3. The van der Waals surface area contributed by atoms with Gasteiger partial charge >= 0.3 is 0 Å². The number of carbonyl (C=O) groups excluding carboxylic acids is 3. The van der Waals surface area contributed by atoms with E-state index >= 15 is 4.39 Å². The number of rotatable bonds is 8. The first-order valence-corrected chi connectivity index (χ1v) is 14.2. The van der Waals surface area contributed by atoms with Crippen LogP contribution in [-0.4, -0.2) is 72.7 Å². The van der Waals surface area contributed by atoms with Crippen molar-refractivity contribution in [2.75, 3.05) is 19.9 Å². The zero-order valence-electron chi connectivity index (χ0n) is 23.0. The van der Waals surface area contributed by atoms with Crippen molar-refractivity contribution in [1.82, 2.24) is 5.32 Å². The molecule has 0 bridgehead atoms. The summed E-state index contributed by atoms with van der Waals surface area (Å²) in [5.74, 6) is -1.40. The van der Waals surface area contributed by atoms with Crippen molar-refractivity contribution >= 4 is 17.5 Å². The van der Waals surface area contributed by atoms with Crippen molar-refractivity contribution in [3.05, 3.63) is 23.8 Å².